The van der Waals surface area contributed by atoms with Crippen LogP contribution in [0.1, 0.15) is 18.1 Å². The molecule has 0 spiro atoms. The number of aryl methyl sites for hydroxylation is 1. The van der Waals surface area contributed by atoms with E-state index in [4.69, 9.17) is 9.47 Å². The van der Waals surface area contributed by atoms with Gasteiger partial charge in [-0.05, 0) is 69.9 Å². The average molecular weight is 522 g/mol. The first kappa shape index (κ1) is 27.2. The van der Waals surface area contributed by atoms with Crippen LogP contribution in [0.2, 0.25) is 0 Å². The molecule has 1 heterocycles. The van der Waals surface area contributed by atoms with E-state index in [2.05, 4.69) is 21.7 Å². The summed E-state index contributed by atoms with van der Waals surface area (Å²) in [4.78, 5) is 19.0. The van der Waals surface area contributed by atoms with E-state index in [-0.39, 0.29) is 5.91 Å². The molecule has 0 saturated carbocycles. The third-order valence-electron chi connectivity index (χ3n) is 5.80. The Kier molecular flexibility index (Phi) is 8.77. The van der Waals surface area contributed by atoms with Gasteiger partial charge in [-0.3, -0.25) is 9.78 Å². The Morgan fingerprint density at radius 3 is 2.59 bits per heavy atom. The summed E-state index contributed by atoms with van der Waals surface area (Å²) in [5, 5.41) is 16.8. The van der Waals surface area contributed by atoms with Gasteiger partial charge in [-0.15, -0.1) is 0 Å². The molecule has 0 unspecified atom stereocenters. The maximum atomic E-state index is 12.6. The monoisotopic (exact) mass is 521 g/mol. The lowest BCUT2D eigenvalue weighted by molar-refractivity contribution is -0.111. The van der Waals surface area contributed by atoms with Gasteiger partial charge in [-0.25, -0.2) is 0 Å². The van der Waals surface area contributed by atoms with Crippen LogP contribution in [0.15, 0.2) is 79.0 Å². The van der Waals surface area contributed by atoms with Crippen molar-refractivity contribution >= 4 is 33.9 Å². The highest BCUT2D eigenvalue weighted by atomic mass is 16.5. The van der Waals surface area contributed by atoms with Crippen molar-refractivity contribution < 1.29 is 14.3 Å². The molecule has 3 aromatic carbocycles. The van der Waals surface area contributed by atoms with E-state index >= 15 is 0 Å². The van der Waals surface area contributed by atoms with Crippen molar-refractivity contribution in [2.75, 3.05) is 37.9 Å². The van der Waals surface area contributed by atoms with Crippen LogP contribution in [0.4, 0.5) is 17.1 Å². The number of carbonyl (C=O) groups excluding carboxylic acids is 1. The number of nitriles is 1. The Morgan fingerprint density at radius 1 is 1.10 bits per heavy atom. The molecule has 8 heteroatoms. The molecule has 0 fully saturated rings. The largest absolute Gasteiger partial charge is 0.492 e. The molecule has 1 aromatic heterocycles. The summed E-state index contributed by atoms with van der Waals surface area (Å²) < 4.78 is 11.8. The molecule has 198 valence electrons. The summed E-state index contributed by atoms with van der Waals surface area (Å²) in [6.07, 6.45) is 4.81. The molecule has 0 aliphatic carbocycles. The number of para-hydroxylation sites is 1. The van der Waals surface area contributed by atoms with Gasteiger partial charge in [-0.2, -0.15) is 5.26 Å². The number of pyridine rings is 1. The number of nitrogens with one attached hydrogen (secondary N) is 2. The number of benzene rings is 3. The molecule has 39 heavy (non-hydrogen) atoms. The third kappa shape index (κ3) is 6.92. The second kappa shape index (κ2) is 12.6. The van der Waals surface area contributed by atoms with Crippen molar-refractivity contribution in [3.05, 3.63) is 90.1 Å². The molecule has 0 aliphatic rings. The fourth-order valence-electron chi connectivity index (χ4n) is 3.96. The van der Waals surface area contributed by atoms with Crippen LogP contribution in [0.3, 0.4) is 0 Å². The Hall–Kier alpha value is -4.87. The zero-order chi connectivity index (χ0) is 27.8. The summed E-state index contributed by atoms with van der Waals surface area (Å²) in [5.74, 6) is 1.71. The number of aromatic nitrogens is 1. The molecule has 0 radical (unpaired) electrons. The zero-order valence-corrected chi connectivity index (χ0v) is 22.5. The second-order valence-corrected chi connectivity index (χ2v) is 9.13. The lowest BCUT2D eigenvalue weighted by atomic mass is 10.1. The van der Waals surface area contributed by atoms with Crippen LogP contribution in [0.25, 0.3) is 10.9 Å². The lowest BCUT2D eigenvalue weighted by Crippen LogP contribution is -2.13. The van der Waals surface area contributed by atoms with Crippen molar-refractivity contribution in [2.24, 2.45) is 0 Å². The number of hydrogen-bond donors (Lipinski definition) is 2. The quantitative estimate of drug-likeness (QED) is 0.233. The summed E-state index contributed by atoms with van der Waals surface area (Å²) in [7, 11) is 3.86. The molecule has 0 bridgehead atoms. The maximum Gasteiger partial charge on any atom is 0.248 e. The highest BCUT2D eigenvalue weighted by molar-refractivity contribution is 6.04. The molecule has 0 aliphatic heterocycles. The molecule has 0 atom stereocenters. The van der Waals surface area contributed by atoms with Crippen molar-refractivity contribution in [2.45, 2.75) is 13.8 Å². The fraction of sp³-hybridized carbons (Fsp3) is 0.194. The predicted octanol–water partition coefficient (Wildman–Crippen LogP) is 6.41. The Bertz CT molecular complexity index is 1540. The van der Waals surface area contributed by atoms with Gasteiger partial charge in [0.15, 0.2) is 0 Å². The Morgan fingerprint density at radius 2 is 1.90 bits per heavy atom. The lowest BCUT2D eigenvalue weighted by Gasteiger charge is -2.16. The van der Waals surface area contributed by atoms with Gasteiger partial charge in [0.05, 0.1) is 29.1 Å². The van der Waals surface area contributed by atoms with Crippen molar-refractivity contribution in [3.63, 3.8) is 0 Å². The second-order valence-electron chi connectivity index (χ2n) is 9.13. The molecule has 0 saturated heterocycles. The van der Waals surface area contributed by atoms with Gasteiger partial charge in [-0.1, -0.05) is 24.3 Å². The number of nitrogens with zero attached hydrogens (tertiary/aromatic N) is 3. The van der Waals surface area contributed by atoms with Crippen LogP contribution in [0.5, 0.6) is 17.2 Å². The van der Waals surface area contributed by atoms with Crippen LogP contribution in [-0.4, -0.2) is 43.0 Å². The molecule has 2 N–H and O–H groups in total. The first-order valence-corrected chi connectivity index (χ1v) is 12.6. The number of anilines is 3. The standard InChI is InChI=1S/C31H31N5O3/c1-5-38-29-18-26-25(17-27(29)35-30(37)12-9-15-36(3)4)31(22(19-32)20-33-26)34-23-13-14-28(21(2)16-23)39-24-10-7-6-8-11-24/h6-14,16-18,20H,5,15H2,1-4H3,(H,33,34)(H,35,37)/b12-9+. The minimum atomic E-state index is -0.277. The highest BCUT2D eigenvalue weighted by Gasteiger charge is 2.16. The number of hydrogen-bond acceptors (Lipinski definition) is 7. The summed E-state index contributed by atoms with van der Waals surface area (Å²) >= 11 is 0. The Labute approximate surface area is 228 Å². The van der Waals surface area contributed by atoms with E-state index in [0.717, 1.165) is 22.7 Å². The van der Waals surface area contributed by atoms with Gasteiger partial charge in [0.25, 0.3) is 0 Å². The molecule has 4 aromatic rings. The molecular formula is C31H31N5O3. The van der Waals surface area contributed by atoms with E-state index in [1.165, 1.54) is 12.3 Å². The van der Waals surface area contributed by atoms with Gasteiger partial charge in [0, 0.05) is 36.0 Å². The number of carbonyl (C=O) groups is 1. The van der Waals surface area contributed by atoms with Gasteiger partial charge in [0.2, 0.25) is 5.91 Å². The number of likely N-dealkylation sites (N-methyl/N-ethyl adjacent to an activating group) is 1. The normalized spacial score (nSPS) is 11.0. The van der Waals surface area contributed by atoms with E-state index in [0.29, 0.717) is 46.7 Å². The van der Waals surface area contributed by atoms with Crippen LogP contribution in [0, 0.1) is 18.3 Å². The van der Waals surface area contributed by atoms with Gasteiger partial charge < -0.3 is 25.0 Å². The topological polar surface area (TPSA) is 99.5 Å². The van der Waals surface area contributed by atoms with Crippen molar-refractivity contribution in [1.82, 2.24) is 9.88 Å². The Balaban J connectivity index is 1.69. The molecular weight excluding hydrogens is 490 g/mol. The number of amides is 1. The van der Waals surface area contributed by atoms with Gasteiger partial charge in [0.1, 0.15) is 23.3 Å². The third-order valence-corrected chi connectivity index (χ3v) is 5.80. The SMILES string of the molecule is CCOc1cc2ncc(C#N)c(Nc3ccc(Oc4ccccc4)c(C)c3)c2cc1NC(=O)/C=C/CN(C)C. The van der Waals surface area contributed by atoms with Crippen LogP contribution >= 0.6 is 0 Å². The average Bonchev–Trinajstić information content (AvgIpc) is 2.91. The molecule has 4 rings (SSSR count). The fourth-order valence-corrected chi connectivity index (χ4v) is 3.96. The van der Waals surface area contributed by atoms with Crippen LogP contribution in [-0.2, 0) is 4.79 Å². The van der Waals surface area contributed by atoms with Crippen molar-refractivity contribution in [1.29, 1.82) is 5.26 Å². The highest BCUT2D eigenvalue weighted by Crippen LogP contribution is 2.37. The van der Waals surface area contributed by atoms with Crippen molar-refractivity contribution in [3.8, 4) is 23.3 Å². The summed E-state index contributed by atoms with van der Waals surface area (Å²) in [6, 6.07) is 21.1. The molecule has 8 nitrogen and oxygen atoms in total. The molecule has 1 amide bonds. The maximum absolute atomic E-state index is 12.6. The minimum absolute atomic E-state index is 0.277. The first-order chi connectivity index (χ1) is 18.9. The summed E-state index contributed by atoms with van der Waals surface area (Å²) in [5.41, 5.74) is 3.78. The minimum Gasteiger partial charge on any atom is -0.492 e. The van der Waals surface area contributed by atoms with E-state index in [1.807, 2.05) is 81.4 Å². The summed E-state index contributed by atoms with van der Waals surface area (Å²) in [6.45, 7) is 4.90. The number of ether oxygens (including phenoxy) is 2. The van der Waals surface area contributed by atoms with Gasteiger partial charge >= 0.3 is 0 Å². The number of rotatable bonds is 10. The smallest absolute Gasteiger partial charge is 0.248 e. The predicted molar refractivity (Wildman–Crippen MR) is 155 cm³/mol. The van der Waals surface area contributed by atoms with E-state index in [9.17, 15) is 10.1 Å². The number of fused-ring (bicyclic) bond motifs is 1. The van der Waals surface area contributed by atoms with E-state index < -0.39 is 0 Å². The van der Waals surface area contributed by atoms with Crippen LogP contribution < -0.4 is 20.1 Å². The van der Waals surface area contributed by atoms with E-state index in [1.54, 1.807) is 18.2 Å². The zero-order valence-electron chi connectivity index (χ0n) is 22.5. The first-order valence-electron chi connectivity index (χ1n) is 12.6.